The maximum atomic E-state index is 11.8. The fraction of sp³-hybridized carbons (Fsp3) is 0.429. The van der Waals surface area contributed by atoms with Gasteiger partial charge in [0.15, 0.2) is 9.84 Å². The molecule has 0 unspecified atom stereocenters. The van der Waals surface area contributed by atoms with E-state index in [0.29, 0.717) is 19.5 Å². The third-order valence-corrected chi connectivity index (χ3v) is 5.09. The van der Waals surface area contributed by atoms with Crippen LogP contribution in [0, 0.1) is 0 Å². The lowest BCUT2D eigenvalue weighted by Crippen LogP contribution is -2.15. The van der Waals surface area contributed by atoms with Crippen LogP contribution in [0.5, 0.6) is 0 Å². The number of rotatable bonds is 6. The standard InChI is InChI=1S/C14H20N2O2S/c1-2-9-19(17,18)10-8-16-7-6-12-4-3-5-13(11-15)14(12)16/h3-7H,2,8-11,15H2,1H3. The van der Waals surface area contributed by atoms with Gasteiger partial charge in [0.2, 0.25) is 0 Å². The van der Waals surface area contributed by atoms with Crippen molar-refractivity contribution in [3.63, 3.8) is 0 Å². The molecule has 5 heteroatoms. The second-order valence-corrected chi connectivity index (χ2v) is 7.02. The summed E-state index contributed by atoms with van der Waals surface area (Å²) in [6, 6.07) is 7.98. The first-order valence-electron chi connectivity index (χ1n) is 6.54. The van der Waals surface area contributed by atoms with Crippen LogP contribution < -0.4 is 5.73 Å². The average molecular weight is 280 g/mol. The molecule has 0 spiro atoms. The number of fused-ring (bicyclic) bond motifs is 1. The van der Waals surface area contributed by atoms with Gasteiger partial charge in [0.25, 0.3) is 0 Å². The normalized spacial score (nSPS) is 12.1. The summed E-state index contributed by atoms with van der Waals surface area (Å²) in [6.07, 6.45) is 2.61. The van der Waals surface area contributed by atoms with Crippen LogP contribution in [0.1, 0.15) is 18.9 Å². The lowest BCUT2D eigenvalue weighted by Gasteiger charge is -2.09. The van der Waals surface area contributed by atoms with Crippen molar-refractivity contribution < 1.29 is 8.42 Å². The average Bonchev–Trinajstić information content (AvgIpc) is 2.79. The molecule has 0 saturated heterocycles. The van der Waals surface area contributed by atoms with Crippen molar-refractivity contribution in [3.8, 4) is 0 Å². The molecule has 0 aliphatic carbocycles. The molecule has 0 atom stereocenters. The van der Waals surface area contributed by atoms with Crippen molar-refractivity contribution in [2.24, 2.45) is 5.73 Å². The highest BCUT2D eigenvalue weighted by molar-refractivity contribution is 7.91. The van der Waals surface area contributed by atoms with Gasteiger partial charge in [0.05, 0.1) is 11.3 Å². The molecular weight excluding hydrogens is 260 g/mol. The van der Waals surface area contributed by atoms with E-state index in [1.807, 2.05) is 42.0 Å². The van der Waals surface area contributed by atoms with Gasteiger partial charge in [-0.2, -0.15) is 0 Å². The Bertz CT molecular complexity index is 659. The zero-order valence-electron chi connectivity index (χ0n) is 11.2. The van der Waals surface area contributed by atoms with Crippen molar-refractivity contribution in [3.05, 3.63) is 36.0 Å². The van der Waals surface area contributed by atoms with Gasteiger partial charge >= 0.3 is 0 Å². The van der Waals surface area contributed by atoms with Crippen molar-refractivity contribution in [1.82, 2.24) is 4.57 Å². The highest BCUT2D eigenvalue weighted by atomic mass is 32.2. The molecule has 0 saturated carbocycles. The maximum absolute atomic E-state index is 11.8. The minimum Gasteiger partial charge on any atom is -0.346 e. The maximum Gasteiger partial charge on any atom is 0.152 e. The van der Waals surface area contributed by atoms with Gasteiger partial charge < -0.3 is 10.3 Å². The minimum absolute atomic E-state index is 0.184. The first-order chi connectivity index (χ1) is 9.07. The van der Waals surface area contributed by atoms with Crippen molar-refractivity contribution in [2.75, 3.05) is 11.5 Å². The van der Waals surface area contributed by atoms with Gasteiger partial charge in [-0.25, -0.2) is 8.42 Å². The number of hydrogen-bond acceptors (Lipinski definition) is 3. The van der Waals surface area contributed by atoms with Gasteiger partial charge in [0.1, 0.15) is 0 Å². The van der Waals surface area contributed by atoms with Crippen LogP contribution >= 0.6 is 0 Å². The highest BCUT2D eigenvalue weighted by Gasteiger charge is 2.11. The Labute approximate surface area is 114 Å². The van der Waals surface area contributed by atoms with E-state index in [2.05, 4.69) is 0 Å². The molecule has 0 radical (unpaired) electrons. The van der Waals surface area contributed by atoms with E-state index in [-0.39, 0.29) is 11.5 Å². The topological polar surface area (TPSA) is 65.1 Å². The summed E-state index contributed by atoms with van der Waals surface area (Å²) in [5, 5.41) is 1.11. The number of aryl methyl sites for hydroxylation is 1. The molecule has 1 aromatic carbocycles. The summed E-state index contributed by atoms with van der Waals surface area (Å²) in [4.78, 5) is 0. The summed E-state index contributed by atoms with van der Waals surface area (Å²) in [5.41, 5.74) is 7.85. The van der Waals surface area contributed by atoms with E-state index in [1.165, 1.54) is 0 Å². The lowest BCUT2D eigenvalue weighted by molar-refractivity contribution is 0.588. The van der Waals surface area contributed by atoms with Crippen LogP contribution in [-0.2, 0) is 22.9 Å². The van der Waals surface area contributed by atoms with E-state index < -0.39 is 9.84 Å². The number of nitrogens with zero attached hydrogens (tertiary/aromatic N) is 1. The smallest absolute Gasteiger partial charge is 0.152 e. The monoisotopic (exact) mass is 280 g/mol. The first-order valence-corrected chi connectivity index (χ1v) is 8.37. The molecule has 0 bridgehead atoms. The van der Waals surface area contributed by atoms with Crippen LogP contribution in [0.15, 0.2) is 30.5 Å². The number of benzene rings is 1. The summed E-state index contributed by atoms with van der Waals surface area (Å²) < 4.78 is 25.5. The molecule has 19 heavy (non-hydrogen) atoms. The van der Waals surface area contributed by atoms with E-state index in [1.54, 1.807) is 0 Å². The molecule has 104 valence electrons. The van der Waals surface area contributed by atoms with Crippen LogP contribution in [0.2, 0.25) is 0 Å². The largest absolute Gasteiger partial charge is 0.346 e. The van der Waals surface area contributed by atoms with Crippen molar-refractivity contribution >= 4 is 20.7 Å². The predicted molar refractivity (Wildman–Crippen MR) is 78.8 cm³/mol. The lowest BCUT2D eigenvalue weighted by atomic mass is 10.1. The molecule has 4 nitrogen and oxygen atoms in total. The van der Waals surface area contributed by atoms with E-state index in [0.717, 1.165) is 16.5 Å². The van der Waals surface area contributed by atoms with Crippen LogP contribution in [0.3, 0.4) is 0 Å². The Morgan fingerprint density at radius 2 is 2.00 bits per heavy atom. The Balaban J connectivity index is 2.27. The number of hydrogen-bond donors (Lipinski definition) is 1. The Hall–Kier alpha value is -1.33. The zero-order valence-corrected chi connectivity index (χ0v) is 12.0. The molecule has 2 aromatic rings. The number of sulfone groups is 1. The van der Waals surface area contributed by atoms with Crippen LogP contribution in [0.25, 0.3) is 10.9 Å². The summed E-state index contributed by atoms with van der Waals surface area (Å²) in [7, 11) is -2.95. The quantitative estimate of drug-likeness (QED) is 0.879. The minimum atomic E-state index is -2.95. The molecular formula is C14H20N2O2S. The highest BCUT2D eigenvalue weighted by Crippen LogP contribution is 2.20. The summed E-state index contributed by atoms with van der Waals surface area (Å²) in [6.45, 7) is 2.83. The van der Waals surface area contributed by atoms with Crippen molar-refractivity contribution in [1.29, 1.82) is 0 Å². The van der Waals surface area contributed by atoms with Gasteiger partial charge in [-0.15, -0.1) is 0 Å². The molecule has 2 N–H and O–H groups in total. The molecule has 1 aromatic heterocycles. The van der Waals surface area contributed by atoms with Gasteiger partial charge in [-0.3, -0.25) is 0 Å². The van der Waals surface area contributed by atoms with E-state index in [9.17, 15) is 8.42 Å². The fourth-order valence-corrected chi connectivity index (χ4v) is 3.64. The Morgan fingerprint density at radius 3 is 2.68 bits per heavy atom. The third-order valence-electron chi connectivity index (χ3n) is 3.25. The van der Waals surface area contributed by atoms with Gasteiger partial charge in [-0.05, 0) is 23.4 Å². The molecule has 0 aliphatic rings. The van der Waals surface area contributed by atoms with E-state index in [4.69, 9.17) is 5.73 Å². The van der Waals surface area contributed by atoms with Gasteiger partial charge in [-0.1, -0.05) is 25.1 Å². The summed E-state index contributed by atoms with van der Waals surface area (Å²) in [5.74, 6) is 0.444. The third kappa shape index (κ3) is 3.16. The van der Waals surface area contributed by atoms with Crippen LogP contribution in [0.4, 0.5) is 0 Å². The number of aromatic nitrogens is 1. The van der Waals surface area contributed by atoms with Crippen LogP contribution in [-0.4, -0.2) is 24.5 Å². The second kappa shape index (κ2) is 5.75. The first kappa shape index (κ1) is 14.1. The van der Waals surface area contributed by atoms with Gasteiger partial charge in [0, 0.05) is 25.0 Å². The predicted octanol–water partition coefficient (Wildman–Crippen LogP) is 1.92. The fourth-order valence-electron chi connectivity index (χ4n) is 2.34. The second-order valence-electron chi connectivity index (χ2n) is 4.72. The number of para-hydroxylation sites is 1. The zero-order chi connectivity index (χ0) is 13.9. The Kier molecular flexibility index (Phi) is 4.27. The van der Waals surface area contributed by atoms with E-state index >= 15 is 0 Å². The molecule has 1 heterocycles. The molecule has 0 amide bonds. The SMILES string of the molecule is CCCS(=O)(=O)CCn1ccc2cccc(CN)c21. The van der Waals surface area contributed by atoms with Crippen molar-refractivity contribution in [2.45, 2.75) is 26.4 Å². The summed E-state index contributed by atoms with van der Waals surface area (Å²) >= 11 is 0. The molecule has 0 aliphatic heterocycles. The molecule has 0 fully saturated rings. The Morgan fingerprint density at radius 1 is 1.21 bits per heavy atom. The molecule has 2 rings (SSSR count). The number of nitrogens with two attached hydrogens (primary N) is 1.